The van der Waals surface area contributed by atoms with E-state index in [-0.39, 0.29) is 5.75 Å². The molecule has 0 spiro atoms. The summed E-state index contributed by atoms with van der Waals surface area (Å²) in [7, 11) is 0. The molecule has 0 fully saturated rings. The molecule has 0 aromatic heterocycles. The van der Waals surface area contributed by atoms with Crippen molar-refractivity contribution in [3.8, 4) is 5.75 Å². The number of aryl methyl sites for hydroxylation is 1. The number of phenolic OH excluding ortho intramolecular Hbond substituents is 1. The minimum absolute atomic E-state index is 0.138. The molecule has 0 atom stereocenters. The fraction of sp³-hybridized carbons (Fsp3) is 0.118. The zero-order valence-electron chi connectivity index (χ0n) is 12.8. The molecule has 2 aromatic rings. The van der Waals surface area contributed by atoms with Gasteiger partial charge in [-0.15, -0.1) is 0 Å². The molecule has 6 nitrogen and oxygen atoms in total. The average Bonchev–Trinajstić information content (AvgIpc) is 2.53. The van der Waals surface area contributed by atoms with E-state index in [9.17, 15) is 9.59 Å². The molecule has 2 aromatic carbocycles. The van der Waals surface area contributed by atoms with E-state index in [1.807, 2.05) is 19.9 Å². The lowest BCUT2D eigenvalue weighted by Gasteiger charge is -2.09. The maximum Gasteiger partial charge on any atom is 0.329 e. The molecule has 0 heterocycles. The van der Waals surface area contributed by atoms with Crippen molar-refractivity contribution in [3.05, 3.63) is 59.2 Å². The molecule has 118 valence electrons. The van der Waals surface area contributed by atoms with Gasteiger partial charge in [0, 0.05) is 5.69 Å². The van der Waals surface area contributed by atoms with Crippen molar-refractivity contribution in [1.29, 1.82) is 0 Å². The Kier molecular flexibility index (Phi) is 5.09. The number of aromatic hydroxyl groups is 1. The zero-order valence-corrected chi connectivity index (χ0v) is 12.8. The van der Waals surface area contributed by atoms with Crippen LogP contribution >= 0.6 is 0 Å². The van der Waals surface area contributed by atoms with Crippen LogP contribution in [0.4, 0.5) is 5.69 Å². The second kappa shape index (κ2) is 7.22. The summed E-state index contributed by atoms with van der Waals surface area (Å²) in [5.74, 6) is -1.51. The zero-order chi connectivity index (χ0) is 16.8. The van der Waals surface area contributed by atoms with Gasteiger partial charge in [0.1, 0.15) is 5.75 Å². The first-order valence-corrected chi connectivity index (χ1v) is 6.97. The highest BCUT2D eigenvalue weighted by Gasteiger charge is 2.14. The summed E-state index contributed by atoms with van der Waals surface area (Å²) < 4.78 is 0. The number of amides is 2. The molecule has 0 radical (unpaired) electrons. The van der Waals surface area contributed by atoms with Crippen molar-refractivity contribution in [1.82, 2.24) is 5.43 Å². The largest absolute Gasteiger partial charge is 0.508 e. The molecule has 23 heavy (non-hydrogen) atoms. The predicted octanol–water partition coefficient (Wildman–Crippen LogP) is 2.10. The van der Waals surface area contributed by atoms with Gasteiger partial charge >= 0.3 is 11.8 Å². The number of hydrazone groups is 1. The van der Waals surface area contributed by atoms with Crippen LogP contribution in [0.5, 0.6) is 5.75 Å². The number of benzene rings is 2. The van der Waals surface area contributed by atoms with Gasteiger partial charge in [0.15, 0.2) is 0 Å². The molecule has 3 N–H and O–H groups in total. The summed E-state index contributed by atoms with van der Waals surface area (Å²) in [6.45, 7) is 3.79. The van der Waals surface area contributed by atoms with Gasteiger partial charge < -0.3 is 10.4 Å². The predicted molar refractivity (Wildman–Crippen MR) is 88.4 cm³/mol. The SMILES string of the molecule is Cc1cccc(NC(=O)C(=O)N/N=C/c2ccc(O)cc2)c1C. The Bertz CT molecular complexity index is 752. The van der Waals surface area contributed by atoms with Crippen LogP contribution in [0.1, 0.15) is 16.7 Å². The van der Waals surface area contributed by atoms with E-state index in [2.05, 4.69) is 15.8 Å². The van der Waals surface area contributed by atoms with E-state index in [1.165, 1.54) is 18.3 Å². The van der Waals surface area contributed by atoms with Crippen LogP contribution < -0.4 is 10.7 Å². The normalized spacial score (nSPS) is 10.5. The first-order chi connectivity index (χ1) is 11.0. The van der Waals surface area contributed by atoms with E-state index in [4.69, 9.17) is 5.11 Å². The Balaban J connectivity index is 1.94. The fourth-order valence-electron chi connectivity index (χ4n) is 1.84. The number of nitrogens with zero attached hydrogens (tertiary/aromatic N) is 1. The molecule has 0 aliphatic rings. The van der Waals surface area contributed by atoms with Crippen LogP contribution in [0.2, 0.25) is 0 Å². The minimum atomic E-state index is -0.860. The molecular formula is C17H17N3O3. The number of phenols is 1. The molecule has 0 saturated heterocycles. The van der Waals surface area contributed by atoms with Crippen LogP contribution in [0, 0.1) is 13.8 Å². The Hall–Kier alpha value is -3.15. The third-order valence-corrected chi connectivity index (χ3v) is 3.33. The summed E-state index contributed by atoms with van der Waals surface area (Å²) in [5.41, 5.74) is 5.35. The van der Waals surface area contributed by atoms with E-state index >= 15 is 0 Å². The third kappa shape index (κ3) is 4.41. The Labute approximate surface area is 133 Å². The summed E-state index contributed by atoms with van der Waals surface area (Å²) in [6, 6.07) is 11.7. The van der Waals surface area contributed by atoms with Gasteiger partial charge in [-0.1, -0.05) is 12.1 Å². The molecule has 2 amide bonds. The lowest BCUT2D eigenvalue weighted by atomic mass is 10.1. The molecular weight excluding hydrogens is 294 g/mol. The first-order valence-electron chi connectivity index (χ1n) is 6.97. The summed E-state index contributed by atoms with van der Waals surface area (Å²) in [6.07, 6.45) is 1.38. The Morgan fingerprint density at radius 1 is 1.04 bits per heavy atom. The van der Waals surface area contributed by atoms with Gasteiger partial charge in [-0.3, -0.25) is 9.59 Å². The van der Waals surface area contributed by atoms with Gasteiger partial charge in [-0.25, -0.2) is 5.43 Å². The lowest BCUT2D eigenvalue weighted by molar-refractivity contribution is -0.136. The van der Waals surface area contributed by atoms with Crippen LogP contribution in [0.15, 0.2) is 47.6 Å². The number of hydrogen-bond acceptors (Lipinski definition) is 4. The second-order valence-corrected chi connectivity index (χ2v) is 4.99. The molecule has 6 heteroatoms. The first kappa shape index (κ1) is 16.2. The second-order valence-electron chi connectivity index (χ2n) is 4.99. The average molecular weight is 311 g/mol. The van der Waals surface area contributed by atoms with E-state index in [0.29, 0.717) is 11.3 Å². The Morgan fingerprint density at radius 3 is 2.43 bits per heavy atom. The number of anilines is 1. The van der Waals surface area contributed by atoms with Crippen LogP contribution in [-0.4, -0.2) is 23.1 Å². The highest BCUT2D eigenvalue weighted by molar-refractivity contribution is 6.39. The summed E-state index contributed by atoms with van der Waals surface area (Å²) >= 11 is 0. The molecule has 0 saturated carbocycles. The molecule has 2 rings (SSSR count). The quantitative estimate of drug-likeness (QED) is 0.460. The molecule has 0 aliphatic heterocycles. The highest BCUT2D eigenvalue weighted by Crippen LogP contribution is 2.17. The maximum absolute atomic E-state index is 11.8. The number of carbonyl (C=O) groups excluding carboxylic acids is 2. The number of carbonyl (C=O) groups is 2. The van der Waals surface area contributed by atoms with Crippen LogP contribution in [-0.2, 0) is 9.59 Å². The monoisotopic (exact) mass is 311 g/mol. The standard InChI is InChI=1S/C17H17N3O3/c1-11-4-3-5-15(12(11)2)19-16(22)17(23)20-18-10-13-6-8-14(21)9-7-13/h3-10,21H,1-2H3,(H,19,22)(H,20,23)/b18-10+. The minimum Gasteiger partial charge on any atom is -0.508 e. The molecule has 0 bridgehead atoms. The van der Waals surface area contributed by atoms with E-state index < -0.39 is 11.8 Å². The highest BCUT2D eigenvalue weighted by atomic mass is 16.3. The van der Waals surface area contributed by atoms with Gasteiger partial charge in [0.2, 0.25) is 0 Å². The smallest absolute Gasteiger partial charge is 0.329 e. The maximum atomic E-state index is 11.8. The van der Waals surface area contributed by atoms with Gasteiger partial charge in [0.25, 0.3) is 0 Å². The van der Waals surface area contributed by atoms with Crippen molar-refractivity contribution >= 4 is 23.7 Å². The lowest BCUT2D eigenvalue weighted by Crippen LogP contribution is -2.32. The van der Waals surface area contributed by atoms with Crippen molar-refractivity contribution in [2.24, 2.45) is 5.10 Å². The van der Waals surface area contributed by atoms with Crippen molar-refractivity contribution in [3.63, 3.8) is 0 Å². The number of rotatable bonds is 3. The molecule has 0 aliphatic carbocycles. The molecule has 0 unspecified atom stereocenters. The third-order valence-electron chi connectivity index (χ3n) is 3.33. The summed E-state index contributed by atoms with van der Waals surface area (Å²) in [4.78, 5) is 23.5. The number of hydrogen-bond donors (Lipinski definition) is 3. The van der Waals surface area contributed by atoms with Crippen molar-refractivity contribution in [2.45, 2.75) is 13.8 Å². The van der Waals surface area contributed by atoms with Crippen molar-refractivity contribution in [2.75, 3.05) is 5.32 Å². The van der Waals surface area contributed by atoms with Crippen molar-refractivity contribution < 1.29 is 14.7 Å². The Morgan fingerprint density at radius 2 is 1.74 bits per heavy atom. The van der Waals surface area contributed by atoms with E-state index in [0.717, 1.165) is 11.1 Å². The van der Waals surface area contributed by atoms with Gasteiger partial charge in [-0.2, -0.15) is 5.10 Å². The topological polar surface area (TPSA) is 90.8 Å². The van der Waals surface area contributed by atoms with Crippen LogP contribution in [0.3, 0.4) is 0 Å². The van der Waals surface area contributed by atoms with Gasteiger partial charge in [0.05, 0.1) is 6.21 Å². The fourth-order valence-corrected chi connectivity index (χ4v) is 1.84. The number of nitrogens with one attached hydrogen (secondary N) is 2. The van der Waals surface area contributed by atoms with Crippen LogP contribution in [0.25, 0.3) is 0 Å². The summed E-state index contributed by atoms with van der Waals surface area (Å²) in [5, 5.41) is 15.4. The van der Waals surface area contributed by atoms with Gasteiger partial charge in [-0.05, 0) is 60.9 Å². The van der Waals surface area contributed by atoms with E-state index in [1.54, 1.807) is 24.3 Å².